The van der Waals surface area contributed by atoms with E-state index >= 15 is 0 Å². The second kappa shape index (κ2) is 3.44. The van der Waals surface area contributed by atoms with Crippen molar-refractivity contribution in [2.45, 2.75) is 46.0 Å². The van der Waals surface area contributed by atoms with Gasteiger partial charge in [-0.1, -0.05) is 27.7 Å². The van der Waals surface area contributed by atoms with Crippen LogP contribution in [0.15, 0.2) is 6.20 Å². The van der Waals surface area contributed by atoms with Gasteiger partial charge in [-0.15, -0.1) is 0 Å². The van der Waals surface area contributed by atoms with E-state index in [1.807, 2.05) is 13.2 Å². The predicted octanol–water partition coefficient (Wildman–Crippen LogP) is 2.77. The van der Waals surface area contributed by atoms with E-state index < -0.39 is 0 Å². The zero-order valence-corrected chi connectivity index (χ0v) is 10.9. The normalized spacial score (nSPS) is 21.3. The lowest BCUT2D eigenvalue weighted by atomic mass is 9.64. The van der Waals surface area contributed by atoms with Gasteiger partial charge in [0, 0.05) is 13.2 Å². The summed E-state index contributed by atoms with van der Waals surface area (Å²) < 4.78 is 0. The van der Waals surface area contributed by atoms with Gasteiger partial charge >= 0.3 is 0 Å². The molecule has 0 aliphatic heterocycles. The largest absolute Gasteiger partial charge is 0.357 e. The molecule has 0 saturated heterocycles. The van der Waals surface area contributed by atoms with Crippen molar-refractivity contribution in [2.75, 3.05) is 12.4 Å². The number of nitrogens with one attached hydrogen (secondary N) is 1. The molecule has 0 spiro atoms. The molecule has 0 fully saturated rings. The molecule has 0 saturated carbocycles. The maximum absolute atomic E-state index is 4.60. The highest BCUT2D eigenvalue weighted by Crippen LogP contribution is 2.44. The number of rotatable bonds is 1. The molecule has 1 N–H and O–H groups in total. The molecule has 16 heavy (non-hydrogen) atoms. The molecular formula is C13H21N3. The summed E-state index contributed by atoms with van der Waals surface area (Å²) in [5.41, 5.74) is 3.03. The Hall–Kier alpha value is -1.12. The van der Waals surface area contributed by atoms with Gasteiger partial charge in [0.15, 0.2) is 0 Å². The van der Waals surface area contributed by atoms with E-state index in [-0.39, 0.29) is 5.41 Å². The fourth-order valence-corrected chi connectivity index (χ4v) is 3.05. The molecule has 1 heterocycles. The molecule has 0 aromatic carbocycles. The molecule has 0 bridgehead atoms. The Balaban J connectivity index is 2.51. The van der Waals surface area contributed by atoms with Gasteiger partial charge in [-0.3, -0.25) is 0 Å². The van der Waals surface area contributed by atoms with Gasteiger partial charge in [0.05, 0.1) is 5.69 Å². The molecule has 1 aromatic heterocycles. The van der Waals surface area contributed by atoms with Crippen molar-refractivity contribution in [1.29, 1.82) is 0 Å². The maximum Gasteiger partial charge on any atom is 0.222 e. The average Bonchev–Trinajstić information content (AvgIpc) is 2.13. The Bertz CT molecular complexity index is 408. The molecule has 3 heteroatoms. The summed E-state index contributed by atoms with van der Waals surface area (Å²) in [6.07, 6.45) is 4.22. The molecule has 1 aliphatic carbocycles. The van der Waals surface area contributed by atoms with E-state index in [4.69, 9.17) is 0 Å². The third-order valence-electron chi connectivity index (χ3n) is 3.39. The summed E-state index contributed by atoms with van der Waals surface area (Å²) in [7, 11) is 1.86. The molecule has 2 rings (SSSR count). The molecule has 1 aliphatic rings. The van der Waals surface area contributed by atoms with Crippen LogP contribution < -0.4 is 5.32 Å². The topological polar surface area (TPSA) is 37.8 Å². The maximum atomic E-state index is 4.60. The van der Waals surface area contributed by atoms with E-state index in [0.29, 0.717) is 5.41 Å². The lowest BCUT2D eigenvalue weighted by molar-refractivity contribution is 0.227. The van der Waals surface area contributed by atoms with Gasteiger partial charge in [-0.2, -0.15) is 0 Å². The summed E-state index contributed by atoms with van der Waals surface area (Å²) in [4.78, 5) is 8.93. The van der Waals surface area contributed by atoms with Crippen molar-refractivity contribution >= 4 is 5.95 Å². The Morgan fingerprint density at radius 1 is 1.25 bits per heavy atom. The first kappa shape index (κ1) is 11.4. The highest BCUT2D eigenvalue weighted by atomic mass is 15.1. The van der Waals surface area contributed by atoms with E-state index in [1.165, 1.54) is 17.7 Å². The van der Waals surface area contributed by atoms with Gasteiger partial charge in [0.1, 0.15) is 0 Å². The summed E-state index contributed by atoms with van der Waals surface area (Å²) >= 11 is 0. The molecule has 0 unspecified atom stereocenters. The Kier molecular flexibility index (Phi) is 2.44. The first-order valence-electron chi connectivity index (χ1n) is 5.88. The minimum absolute atomic E-state index is 0.184. The third-order valence-corrected chi connectivity index (χ3v) is 3.39. The first-order valence-corrected chi connectivity index (χ1v) is 5.88. The van der Waals surface area contributed by atoms with Gasteiger partial charge in [-0.25, -0.2) is 9.97 Å². The Labute approximate surface area is 97.7 Å². The van der Waals surface area contributed by atoms with Crippen LogP contribution in [0.3, 0.4) is 0 Å². The number of hydrogen-bond acceptors (Lipinski definition) is 3. The highest BCUT2D eigenvalue weighted by Gasteiger charge is 2.38. The predicted molar refractivity (Wildman–Crippen MR) is 66.7 cm³/mol. The van der Waals surface area contributed by atoms with Crippen LogP contribution in [0, 0.1) is 5.41 Å². The number of aromatic nitrogens is 2. The summed E-state index contributed by atoms with van der Waals surface area (Å²) in [5.74, 6) is 0.729. The smallest absolute Gasteiger partial charge is 0.222 e. The minimum atomic E-state index is 0.184. The summed E-state index contributed by atoms with van der Waals surface area (Å²) in [5, 5.41) is 3.01. The van der Waals surface area contributed by atoms with Crippen LogP contribution in [0.4, 0.5) is 5.95 Å². The van der Waals surface area contributed by atoms with Gasteiger partial charge in [0.25, 0.3) is 0 Å². The van der Waals surface area contributed by atoms with E-state index in [0.717, 1.165) is 12.4 Å². The van der Waals surface area contributed by atoms with Crippen LogP contribution in [0.1, 0.15) is 45.4 Å². The molecular weight excluding hydrogens is 198 g/mol. The van der Waals surface area contributed by atoms with Gasteiger partial charge < -0.3 is 5.32 Å². The van der Waals surface area contributed by atoms with Crippen molar-refractivity contribution in [3.63, 3.8) is 0 Å². The molecule has 1 aromatic rings. The first-order chi connectivity index (χ1) is 7.34. The van der Waals surface area contributed by atoms with Gasteiger partial charge in [-0.05, 0) is 29.2 Å². The molecule has 0 radical (unpaired) electrons. The fraction of sp³-hybridized carbons (Fsp3) is 0.692. The summed E-state index contributed by atoms with van der Waals surface area (Å²) in [6.45, 7) is 9.21. The lowest BCUT2D eigenvalue weighted by Crippen LogP contribution is -2.35. The second-order valence-electron chi connectivity index (χ2n) is 6.21. The van der Waals surface area contributed by atoms with Gasteiger partial charge in [0.2, 0.25) is 5.95 Å². The number of hydrogen-bond donors (Lipinski definition) is 1. The zero-order valence-electron chi connectivity index (χ0n) is 10.9. The van der Waals surface area contributed by atoms with Crippen LogP contribution in [-0.2, 0) is 11.8 Å². The molecule has 0 amide bonds. The van der Waals surface area contributed by atoms with Crippen LogP contribution in [0.2, 0.25) is 0 Å². The number of nitrogens with zero attached hydrogens (tertiary/aromatic N) is 2. The molecule has 0 atom stereocenters. The zero-order chi connectivity index (χ0) is 12.0. The quantitative estimate of drug-likeness (QED) is 0.789. The molecule has 88 valence electrons. The standard InChI is InChI=1S/C13H21N3/c1-12(2)6-10-9(13(3,4)8-12)7-15-11(14-5)16-10/h7H,6,8H2,1-5H3,(H,14,15,16). The van der Waals surface area contributed by atoms with Crippen LogP contribution in [-0.4, -0.2) is 17.0 Å². The van der Waals surface area contributed by atoms with Crippen molar-refractivity contribution in [3.05, 3.63) is 17.5 Å². The second-order valence-corrected chi connectivity index (χ2v) is 6.21. The third kappa shape index (κ3) is 1.91. The monoisotopic (exact) mass is 219 g/mol. The van der Waals surface area contributed by atoms with Crippen LogP contribution in [0.25, 0.3) is 0 Å². The SMILES string of the molecule is CNc1ncc2c(n1)CC(C)(C)CC2(C)C. The minimum Gasteiger partial charge on any atom is -0.357 e. The summed E-state index contributed by atoms with van der Waals surface area (Å²) in [6, 6.07) is 0. The van der Waals surface area contributed by atoms with E-state index in [1.54, 1.807) is 0 Å². The average molecular weight is 219 g/mol. The molecule has 3 nitrogen and oxygen atoms in total. The van der Waals surface area contributed by atoms with E-state index in [2.05, 4.69) is 43.0 Å². The van der Waals surface area contributed by atoms with Crippen molar-refractivity contribution in [2.24, 2.45) is 5.41 Å². The Morgan fingerprint density at radius 3 is 2.56 bits per heavy atom. The fourth-order valence-electron chi connectivity index (χ4n) is 3.05. The van der Waals surface area contributed by atoms with Crippen molar-refractivity contribution in [1.82, 2.24) is 9.97 Å². The number of fused-ring (bicyclic) bond motifs is 1. The Morgan fingerprint density at radius 2 is 1.94 bits per heavy atom. The van der Waals surface area contributed by atoms with E-state index in [9.17, 15) is 0 Å². The number of anilines is 1. The van der Waals surface area contributed by atoms with Crippen molar-refractivity contribution < 1.29 is 0 Å². The lowest BCUT2D eigenvalue weighted by Gasteiger charge is -2.41. The van der Waals surface area contributed by atoms with Crippen molar-refractivity contribution in [3.8, 4) is 0 Å². The van der Waals surface area contributed by atoms with Crippen LogP contribution >= 0.6 is 0 Å². The van der Waals surface area contributed by atoms with Crippen LogP contribution in [0.5, 0.6) is 0 Å². The highest BCUT2D eigenvalue weighted by molar-refractivity contribution is 5.36.